The van der Waals surface area contributed by atoms with Crippen molar-refractivity contribution in [3.05, 3.63) is 70.8 Å². The summed E-state index contributed by atoms with van der Waals surface area (Å²) in [5.74, 6) is 0.463. The Labute approximate surface area is 165 Å². The van der Waals surface area contributed by atoms with Gasteiger partial charge in [-0.05, 0) is 50.2 Å². The summed E-state index contributed by atoms with van der Waals surface area (Å²) in [5.41, 5.74) is 8.89. The number of aryl methyl sites for hydroxylation is 2. The molecule has 0 aliphatic rings. The van der Waals surface area contributed by atoms with Gasteiger partial charge in [0.15, 0.2) is 11.6 Å². The minimum atomic E-state index is -0.347. The van der Waals surface area contributed by atoms with Crippen molar-refractivity contribution in [3.63, 3.8) is 0 Å². The van der Waals surface area contributed by atoms with Crippen LogP contribution in [0.3, 0.4) is 0 Å². The van der Waals surface area contributed by atoms with Crippen LogP contribution < -0.4 is 10.9 Å². The quantitative estimate of drug-likeness (QED) is 0.516. The molecule has 0 atom stereocenters. The van der Waals surface area contributed by atoms with E-state index in [0.29, 0.717) is 33.3 Å². The van der Waals surface area contributed by atoms with Gasteiger partial charge in [0.1, 0.15) is 0 Å². The summed E-state index contributed by atoms with van der Waals surface area (Å²) in [4.78, 5) is 25.5. The maximum Gasteiger partial charge on any atom is 0.271 e. The number of anilines is 1. The first-order chi connectivity index (χ1) is 13.5. The molecular weight excluding hydrogens is 378 g/mol. The molecule has 0 fully saturated rings. The number of fused-ring (bicyclic) bond motifs is 1. The molecule has 8 nitrogen and oxygen atoms in total. The first kappa shape index (κ1) is 17.9. The van der Waals surface area contributed by atoms with Crippen LogP contribution in [0.4, 0.5) is 5.82 Å². The van der Waals surface area contributed by atoms with Crippen LogP contribution in [0.25, 0.3) is 16.9 Å². The zero-order chi connectivity index (χ0) is 19.7. The van der Waals surface area contributed by atoms with E-state index in [-0.39, 0.29) is 5.91 Å². The van der Waals surface area contributed by atoms with E-state index in [4.69, 9.17) is 11.6 Å². The van der Waals surface area contributed by atoms with Crippen LogP contribution in [0.15, 0.2) is 48.8 Å². The van der Waals surface area contributed by atoms with Gasteiger partial charge in [0.05, 0.1) is 22.3 Å². The third kappa shape index (κ3) is 3.49. The van der Waals surface area contributed by atoms with Gasteiger partial charge in [0, 0.05) is 23.1 Å². The van der Waals surface area contributed by atoms with Crippen molar-refractivity contribution in [1.82, 2.24) is 30.2 Å². The van der Waals surface area contributed by atoms with Crippen LogP contribution in [0.2, 0.25) is 5.02 Å². The second-order valence-electron chi connectivity index (χ2n) is 6.19. The van der Waals surface area contributed by atoms with Crippen LogP contribution in [0.1, 0.15) is 21.7 Å². The van der Waals surface area contributed by atoms with Gasteiger partial charge in [-0.25, -0.2) is 14.6 Å². The van der Waals surface area contributed by atoms with Gasteiger partial charge < -0.3 is 0 Å². The van der Waals surface area contributed by atoms with Crippen molar-refractivity contribution < 1.29 is 4.79 Å². The Bertz CT molecular complexity index is 1170. The normalized spacial score (nSPS) is 10.8. The van der Waals surface area contributed by atoms with E-state index in [9.17, 15) is 4.79 Å². The monoisotopic (exact) mass is 393 g/mol. The molecule has 0 radical (unpaired) electrons. The molecule has 2 N–H and O–H groups in total. The molecule has 0 spiro atoms. The van der Waals surface area contributed by atoms with E-state index < -0.39 is 0 Å². The van der Waals surface area contributed by atoms with E-state index >= 15 is 0 Å². The molecule has 0 unspecified atom stereocenters. The van der Waals surface area contributed by atoms with Crippen LogP contribution in [0, 0.1) is 13.8 Å². The zero-order valence-electron chi connectivity index (χ0n) is 15.1. The average molecular weight is 394 g/mol. The summed E-state index contributed by atoms with van der Waals surface area (Å²) in [6.07, 6.45) is 3.08. The fraction of sp³-hybridized carbons (Fsp3) is 0.105. The van der Waals surface area contributed by atoms with Crippen molar-refractivity contribution in [2.45, 2.75) is 13.8 Å². The molecule has 0 saturated carbocycles. The zero-order valence-corrected chi connectivity index (χ0v) is 15.9. The Morgan fingerprint density at radius 2 is 1.96 bits per heavy atom. The summed E-state index contributed by atoms with van der Waals surface area (Å²) in [6.45, 7) is 3.82. The van der Waals surface area contributed by atoms with Crippen molar-refractivity contribution in [3.8, 4) is 5.82 Å². The lowest BCUT2D eigenvalue weighted by molar-refractivity contribution is 0.0962. The molecule has 1 aromatic carbocycles. The lowest BCUT2D eigenvalue weighted by atomic mass is 10.3. The highest BCUT2D eigenvalue weighted by atomic mass is 35.5. The van der Waals surface area contributed by atoms with Crippen molar-refractivity contribution in [2.75, 3.05) is 5.43 Å². The lowest BCUT2D eigenvalue weighted by Crippen LogP contribution is -2.31. The molecule has 3 aromatic heterocycles. The molecule has 4 aromatic rings. The van der Waals surface area contributed by atoms with E-state index in [0.717, 1.165) is 11.4 Å². The second kappa shape index (κ2) is 7.24. The van der Waals surface area contributed by atoms with Crippen molar-refractivity contribution >= 4 is 34.4 Å². The number of halogens is 1. The molecule has 0 saturated heterocycles. The molecule has 0 aliphatic carbocycles. The maximum atomic E-state index is 12.3. The number of benzene rings is 1. The van der Waals surface area contributed by atoms with Crippen molar-refractivity contribution in [1.29, 1.82) is 0 Å². The van der Waals surface area contributed by atoms with Gasteiger partial charge >= 0.3 is 0 Å². The summed E-state index contributed by atoms with van der Waals surface area (Å²) >= 11 is 6.08. The smallest absolute Gasteiger partial charge is 0.271 e. The number of hydrogen-bond donors (Lipinski definition) is 2. The predicted molar refractivity (Wildman–Crippen MR) is 106 cm³/mol. The Morgan fingerprint density at radius 3 is 2.68 bits per heavy atom. The van der Waals surface area contributed by atoms with Gasteiger partial charge in [0.2, 0.25) is 0 Å². The summed E-state index contributed by atoms with van der Waals surface area (Å²) < 4.78 is 1.68. The Kier molecular flexibility index (Phi) is 4.62. The molecule has 0 aliphatic heterocycles. The van der Waals surface area contributed by atoms with Gasteiger partial charge in [0.25, 0.3) is 5.91 Å². The number of aromatic nitrogens is 5. The number of carbonyl (C=O) groups is 1. The lowest BCUT2D eigenvalue weighted by Gasteiger charge is -2.13. The summed E-state index contributed by atoms with van der Waals surface area (Å²) in [6, 6.07) is 10.5. The molecule has 4 rings (SSSR count). The van der Waals surface area contributed by atoms with E-state index in [1.807, 2.05) is 19.9 Å². The largest absolute Gasteiger partial charge is 0.278 e. The van der Waals surface area contributed by atoms with Gasteiger partial charge in [-0.1, -0.05) is 11.6 Å². The SMILES string of the molecule is Cc1cc(C)n(-c2nc3ccc(Cl)cc3nc2NNC(=O)c2cccnc2)n1. The minimum absolute atomic E-state index is 0.346. The number of carbonyl (C=O) groups excluding carboxylic acids is 1. The fourth-order valence-electron chi connectivity index (χ4n) is 2.78. The second-order valence-corrected chi connectivity index (χ2v) is 6.63. The van der Waals surface area contributed by atoms with E-state index in [2.05, 4.69) is 30.9 Å². The van der Waals surface area contributed by atoms with Crippen molar-refractivity contribution in [2.24, 2.45) is 0 Å². The molecule has 9 heteroatoms. The summed E-state index contributed by atoms with van der Waals surface area (Å²) in [7, 11) is 0. The standard InChI is InChI=1S/C19H16ClN7O/c1-11-8-12(2)27(26-11)18-17(22-16-9-14(20)5-6-15(16)23-18)24-25-19(28)13-4-3-7-21-10-13/h3-10H,1-2H3,(H,22,24)(H,25,28). The molecule has 3 heterocycles. The Hall–Kier alpha value is -3.52. The first-order valence-corrected chi connectivity index (χ1v) is 8.86. The summed E-state index contributed by atoms with van der Waals surface area (Å²) in [5, 5.41) is 5.02. The number of nitrogens with one attached hydrogen (secondary N) is 2. The van der Waals surface area contributed by atoms with Crippen LogP contribution in [-0.2, 0) is 0 Å². The average Bonchev–Trinajstić information content (AvgIpc) is 3.03. The minimum Gasteiger partial charge on any atom is -0.278 e. The molecule has 28 heavy (non-hydrogen) atoms. The number of amides is 1. The Balaban J connectivity index is 1.75. The highest BCUT2D eigenvalue weighted by Gasteiger charge is 2.15. The number of pyridine rings is 1. The number of nitrogens with zero attached hydrogens (tertiary/aromatic N) is 5. The Morgan fingerprint density at radius 1 is 1.11 bits per heavy atom. The van der Waals surface area contributed by atoms with Crippen LogP contribution >= 0.6 is 11.6 Å². The predicted octanol–water partition coefficient (Wildman–Crippen LogP) is 3.24. The fourth-order valence-corrected chi connectivity index (χ4v) is 2.94. The highest BCUT2D eigenvalue weighted by molar-refractivity contribution is 6.31. The third-order valence-electron chi connectivity index (χ3n) is 4.04. The van der Waals surface area contributed by atoms with E-state index in [1.165, 1.54) is 6.20 Å². The number of rotatable bonds is 4. The van der Waals surface area contributed by atoms with E-state index in [1.54, 1.807) is 41.2 Å². The van der Waals surface area contributed by atoms with Gasteiger partial charge in [-0.3, -0.25) is 20.6 Å². The molecule has 140 valence electrons. The first-order valence-electron chi connectivity index (χ1n) is 8.48. The van der Waals surface area contributed by atoms with Gasteiger partial charge in [-0.15, -0.1) is 0 Å². The third-order valence-corrected chi connectivity index (χ3v) is 4.27. The van der Waals surface area contributed by atoms with Crippen LogP contribution in [0.5, 0.6) is 0 Å². The number of hydrogen-bond acceptors (Lipinski definition) is 6. The van der Waals surface area contributed by atoms with Crippen LogP contribution in [-0.4, -0.2) is 30.6 Å². The number of hydrazine groups is 1. The topological polar surface area (TPSA) is 97.6 Å². The molecule has 0 bridgehead atoms. The maximum absolute atomic E-state index is 12.3. The molecule has 1 amide bonds. The van der Waals surface area contributed by atoms with Gasteiger partial charge in [-0.2, -0.15) is 5.10 Å². The highest BCUT2D eigenvalue weighted by Crippen LogP contribution is 2.23. The molecular formula is C19H16ClN7O.